The number of aryl methyl sites for hydroxylation is 1. The molecule has 0 spiro atoms. The molecule has 0 bridgehead atoms. The number of anilines is 3. The van der Waals surface area contributed by atoms with Crippen molar-refractivity contribution in [2.24, 2.45) is 0 Å². The second-order valence-corrected chi connectivity index (χ2v) is 16.6. The Morgan fingerprint density at radius 2 is 0.967 bits per heavy atom. The molecule has 11 rings (SSSR count). The molecule has 0 saturated heterocycles. The maximum atomic E-state index is 6.32. The van der Waals surface area contributed by atoms with Gasteiger partial charge in [0.05, 0.1) is 5.69 Å². The van der Waals surface area contributed by atoms with Gasteiger partial charge in [0.15, 0.2) is 0 Å². The highest BCUT2D eigenvalue weighted by atomic mass is 16.3. The van der Waals surface area contributed by atoms with Crippen LogP contribution in [-0.4, -0.2) is 0 Å². The summed E-state index contributed by atoms with van der Waals surface area (Å²) in [6, 6.07) is 75.2. The van der Waals surface area contributed by atoms with Gasteiger partial charge >= 0.3 is 0 Å². The summed E-state index contributed by atoms with van der Waals surface area (Å²) >= 11 is 0. The largest absolute Gasteiger partial charge is 0.456 e. The highest BCUT2D eigenvalue weighted by molar-refractivity contribution is 6.07. The Hall–Kier alpha value is -7.42. The molecule has 60 heavy (non-hydrogen) atoms. The third kappa shape index (κ3) is 5.95. The molecule has 10 aromatic rings. The summed E-state index contributed by atoms with van der Waals surface area (Å²) in [6.45, 7) is 6.91. The minimum Gasteiger partial charge on any atom is -0.456 e. The van der Waals surface area contributed by atoms with Gasteiger partial charge in [0, 0.05) is 33.1 Å². The van der Waals surface area contributed by atoms with Gasteiger partial charge in [0.1, 0.15) is 11.2 Å². The zero-order valence-electron chi connectivity index (χ0n) is 34.0. The number of benzene rings is 9. The first-order chi connectivity index (χ1) is 29.4. The first-order valence-electron chi connectivity index (χ1n) is 20.8. The summed E-state index contributed by atoms with van der Waals surface area (Å²) in [7, 11) is 0. The van der Waals surface area contributed by atoms with Crippen molar-refractivity contribution in [3.05, 3.63) is 223 Å². The fraction of sp³-hybridized carbons (Fsp3) is 0.0690. The van der Waals surface area contributed by atoms with Crippen LogP contribution in [0.4, 0.5) is 17.1 Å². The molecule has 1 aliphatic rings. The lowest BCUT2D eigenvalue weighted by Crippen LogP contribution is -2.15. The molecule has 1 heterocycles. The van der Waals surface area contributed by atoms with Crippen molar-refractivity contribution in [1.29, 1.82) is 0 Å². The maximum Gasteiger partial charge on any atom is 0.135 e. The average Bonchev–Trinajstić information content (AvgIpc) is 3.78. The van der Waals surface area contributed by atoms with Gasteiger partial charge in [-0.15, -0.1) is 0 Å². The number of rotatable bonds is 7. The summed E-state index contributed by atoms with van der Waals surface area (Å²) in [5.41, 5.74) is 20.9. The maximum absolute atomic E-state index is 6.32. The number of hydrogen-bond donors (Lipinski definition) is 0. The molecule has 0 N–H and O–H groups in total. The normalized spacial score (nSPS) is 12.7. The second-order valence-electron chi connectivity index (χ2n) is 16.6. The molecule has 9 aromatic carbocycles. The van der Waals surface area contributed by atoms with Gasteiger partial charge < -0.3 is 9.32 Å². The molecule has 0 atom stereocenters. The standard InChI is InChI=1S/C58H43NO/c1-38-24-31-52-49(34-38)50-37-46(30-32-53(50)58(52,2)3)59(45-28-25-41(26-29-45)39-14-6-4-7-15-39)54-22-13-21-47(43-27-33-56-51(36-43)48-20-10-11-23-55(48)60-56)57(54)44-19-12-18-42(35-44)40-16-8-5-9-17-40/h4-37H,1-3H3. The molecule has 0 fully saturated rings. The Kier molecular flexibility index (Phi) is 8.42. The first-order valence-corrected chi connectivity index (χ1v) is 20.8. The zero-order chi connectivity index (χ0) is 40.4. The molecular weight excluding hydrogens is 727 g/mol. The Balaban J connectivity index is 1.18. The molecule has 0 unspecified atom stereocenters. The average molecular weight is 770 g/mol. The lowest BCUT2D eigenvalue weighted by molar-refractivity contribution is 0.660. The molecule has 286 valence electrons. The number of hydrogen-bond acceptors (Lipinski definition) is 2. The topological polar surface area (TPSA) is 16.4 Å². The number of fused-ring (bicyclic) bond motifs is 6. The predicted octanol–water partition coefficient (Wildman–Crippen LogP) is 16.3. The van der Waals surface area contributed by atoms with Gasteiger partial charge in [-0.05, 0) is 123 Å². The van der Waals surface area contributed by atoms with Crippen molar-refractivity contribution in [2.75, 3.05) is 4.90 Å². The van der Waals surface area contributed by atoms with Crippen molar-refractivity contribution in [2.45, 2.75) is 26.2 Å². The lowest BCUT2D eigenvalue weighted by atomic mass is 9.82. The van der Waals surface area contributed by atoms with E-state index in [1.165, 1.54) is 50.1 Å². The van der Waals surface area contributed by atoms with E-state index in [2.05, 4.69) is 226 Å². The Morgan fingerprint density at radius 1 is 0.383 bits per heavy atom. The third-order valence-electron chi connectivity index (χ3n) is 12.5. The van der Waals surface area contributed by atoms with Crippen LogP contribution in [0.5, 0.6) is 0 Å². The van der Waals surface area contributed by atoms with Crippen LogP contribution in [0.1, 0.15) is 30.5 Å². The Bertz CT molecular complexity index is 3230. The fourth-order valence-corrected chi connectivity index (χ4v) is 9.52. The van der Waals surface area contributed by atoms with E-state index in [0.717, 1.165) is 61.3 Å². The van der Waals surface area contributed by atoms with Gasteiger partial charge in [-0.3, -0.25) is 0 Å². The van der Waals surface area contributed by atoms with Crippen molar-refractivity contribution in [3.63, 3.8) is 0 Å². The summed E-state index contributed by atoms with van der Waals surface area (Å²) < 4.78 is 6.32. The summed E-state index contributed by atoms with van der Waals surface area (Å²) in [6.07, 6.45) is 0. The second kappa shape index (κ2) is 14.1. The first kappa shape index (κ1) is 35.7. The zero-order valence-corrected chi connectivity index (χ0v) is 34.0. The van der Waals surface area contributed by atoms with E-state index in [4.69, 9.17) is 4.42 Å². The molecule has 2 nitrogen and oxygen atoms in total. The van der Waals surface area contributed by atoms with Gasteiger partial charge in [-0.2, -0.15) is 0 Å². The highest BCUT2D eigenvalue weighted by Crippen LogP contribution is 2.52. The van der Waals surface area contributed by atoms with Crippen LogP contribution in [0.3, 0.4) is 0 Å². The molecule has 0 saturated carbocycles. The number of para-hydroxylation sites is 1. The fourth-order valence-electron chi connectivity index (χ4n) is 9.52. The van der Waals surface area contributed by atoms with E-state index in [0.29, 0.717) is 0 Å². The molecule has 0 radical (unpaired) electrons. The quantitative estimate of drug-likeness (QED) is 0.161. The highest BCUT2D eigenvalue weighted by Gasteiger charge is 2.36. The van der Waals surface area contributed by atoms with Crippen LogP contribution < -0.4 is 4.90 Å². The van der Waals surface area contributed by atoms with Crippen molar-refractivity contribution in [1.82, 2.24) is 0 Å². The third-order valence-corrected chi connectivity index (χ3v) is 12.5. The van der Waals surface area contributed by atoms with Crippen LogP contribution in [-0.2, 0) is 5.41 Å². The number of furan rings is 1. The van der Waals surface area contributed by atoms with Crippen LogP contribution in [0.25, 0.3) is 77.6 Å². The smallest absolute Gasteiger partial charge is 0.135 e. The van der Waals surface area contributed by atoms with Crippen LogP contribution in [0, 0.1) is 6.92 Å². The summed E-state index contributed by atoms with van der Waals surface area (Å²) in [4.78, 5) is 2.47. The van der Waals surface area contributed by atoms with E-state index in [-0.39, 0.29) is 5.41 Å². The van der Waals surface area contributed by atoms with Gasteiger partial charge in [0.2, 0.25) is 0 Å². The summed E-state index contributed by atoms with van der Waals surface area (Å²) in [5, 5.41) is 2.23. The van der Waals surface area contributed by atoms with E-state index in [9.17, 15) is 0 Å². The van der Waals surface area contributed by atoms with Crippen molar-refractivity contribution < 1.29 is 4.42 Å². The molecular formula is C58H43NO. The summed E-state index contributed by atoms with van der Waals surface area (Å²) in [5.74, 6) is 0. The Labute approximate surface area is 351 Å². The van der Waals surface area contributed by atoms with Gasteiger partial charge in [-0.25, -0.2) is 0 Å². The molecule has 1 aromatic heterocycles. The van der Waals surface area contributed by atoms with Gasteiger partial charge in [0.25, 0.3) is 0 Å². The molecule has 1 aliphatic carbocycles. The van der Waals surface area contributed by atoms with Crippen LogP contribution >= 0.6 is 0 Å². The molecule has 0 amide bonds. The van der Waals surface area contributed by atoms with Crippen LogP contribution in [0.15, 0.2) is 211 Å². The predicted molar refractivity (Wildman–Crippen MR) is 252 cm³/mol. The SMILES string of the molecule is Cc1ccc2c(c1)-c1cc(N(c3ccc(-c4ccccc4)cc3)c3cccc(-c4ccc5oc6ccccc6c5c4)c3-c3cccc(-c4ccccc4)c3)ccc1C2(C)C. The Morgan fingerprint density at radius 3 is 1.75 bits per heavy atom. The molecule has 2 heteroatoms. The van der Waals surface area contributed by atoms with E-state index in [1.807, 2.05) is 6.07 Å². The monoisotopic (exact) mass is 769 g/mol. The molecule has 0 aliphatic heterocycles. The van der Waals surface area contributed by atoms with Gasteiger partial charge in [-0.1, -0.05) is 171 Å². The van der Waals surface area contributed by atoms with E-state index >= 15 is 0 Å². The van der Waals surface area contributed by atoms with Crippen LogP contribution in [0.2, 0.25) is 0 Å². The van der Waals surface area contributed by atoms with E-state index < -0.39 is 0 Å². The minimum atomic E-state index is -0.0993. The lowest BCUT2D eigenvalue weighted by Gasteiger charge is -2.30. The number of nitrogens with zero attached hydrogens (tertiary/aromatic N) is 1. The van der Waals surface area contributed by atoms with E-state index in [1.54, 1.807) is 0 Å². The minimum absolute atomic E-state index is 0.0993. The van der Waals surface area contributed by atoms with Crippen molar-refractivity contribution in [3.8, 4) is 55.6 Å². The van der Waals surface area contributed by atoms with Crippen molar-refractivity contribution >= 4 is 39.0 Å².